The zero-order chi connectivity index (χ0) is 16.3. The Bertz CT molecular complexity index is 502. The number of aromatic nitrogens is 1. The van der Waals surface area contributed by atoms with Crippen LogP contribution in [0.2, 0.25) is 0 Å². The second kappa shape index (κ2) is 6.99. The van der Waals surface area contributed by atoms with Gasteiger partial charge in [0.25, 0.3) is 0 Å². The molecule has 122 valence electrons. The van der Waals surface area contributed by atoms with Gasteiger partial charge in [-0.3, -0.25) is 4.79 Å². The molecule has 1 N–H and O–H groups in total. The fourth-order valence-electron chi connectivity index (χ4n) is 3.42. The molecule has 5 heteroatoms. The number of carboxylic acid groups (broad SMARTS) is 1. The van der Waals surface area contributed by atoms with Gasteiger partial charge in [-0.05, 0) is 59.0 Å². The quantitative estimate of drug-likeness (QED) is 0.846. The summed E-state index contributed by atoms with van der Waals surface area (Å²) in [7, 11) is 0. The van der Waals surface area contributed by atoms with Crippen LogP contribution in [0.5, 0.6) is 5.88 Å². The predicted octanol–water partition coefficient (Wildman–Crippen LogP) is 4.53. The first-order valence-corrected chi connectivity index (χ1v) is 8.57. The molecular formula is C17H24BrNO3. The summed E-state index contributed by atoms with van der Waals surface area (Å²) in [6.07, 6.45) is 5.44. The van der Waals surface area contributed by atoms with Crippen LogP contribution in [0.4, 0.5) is 0 Å². The predicted molar refractivity (Wildman–Crippen MR) is 88.9 cm³/mol. The first-order valence-electron chi connectivity index (χ1n) is 7.78. The molecule has 1 fully saturated rings. The number of rotatable bonds is 4. The second-order valence-electron chi connectivity index (χ2n) is 7.15. The fraction of sp³-hybridized carbons (Fsp3) is 0.647. The molecule has 0 bridgehead atoms. The lowest BCUT2D eigenvalue weighted by atomic mass is 9.68. The van der Waals surface area contributed by atoms with Gasteiger partial charge < -0.3 is 9.84 Å². The molecule has 1 aromatic heterocycles. The highest BCUT2D eigenvalue weighted by molar-refractivity contribution is 9.10. The summed E-state index contributed by atoms with van der Waals surface area (Å²) in [6, 6.07) is 3.76. The fourth-order valence-corrected chi connectivity index (χ4v) is 3.66. The molecule has 1 aromatic rings. The van der Waals surface area contributed by atoms with Gasteiger partial charge in [-0.1, -0.05) is 20.8 Å². The van der Waals surface area contributed by atoms with Crippen molar-refractivity contribution in [2.45, 2.75) is 52.6 Å². The highest BCUT2D eigenvalue weighted by Gasteiger charge is 2.39. The largest absolute Gasteiger partial charge is 0.481 e. The molecule has 1 heterocycles. The number of aliphatic carboxylic acids is 1. The molecule has 2 rings (SSSR count). The molecule has 0 aromatic carbocycles. The lowest BCUT2D eigenvalue weighted by Crippen LogP contribution is -2.38. The van der Waals surface area contributed by atoms with Crippen LogP contribution in [-0.2, 0) is 4.79 Å². The number of hydrogen-bond donors (Lipinski definition) is 1. The molecule has 0 spiro atoms. The summed E-state index contributed by atoms with van der Waals surface area (Å²) in [5.74, 6) is -0.0989. The Labute approximate surface area is 140 Å². The van der Waals surface area contributed by atoms with Crippen LogP contribution in [0.15, 0.2) is 22.8 Å². The van der Waals surface area contributed by atoms with Crippen molar-refractivity contribution in [3.63, 3.8) is 0 Å². The Morgan fingerprint density at radius 3 is 2.41 bits per heavy atom. The SMILES string of the molecule is CC(C)(C)C(C(=O)O)C1CCC(Oc2ccc(Br)cn2)CC1. The topological polar surface area (TPSA) is 59.4 Å². The van der Waals surface area contributed by atoms with Gasteiger partial charge in [0.1, 0.15) is 6.10 Å². The summed E-state index contributed by atoms with van der Waals surface area (Å²) in [4.78, 5) is 15.8. The number of carboxylic acids is 1. The van der Waals surface area contributed by atoms with E-state index in [0.717, 1.165) is 30.2 Å². The van der Waals surface area contributed by atoms with Crippen molar-refractivity contribution in [3.05, 3.63) is 22.8 Å². The minimum atomic E-state index is -0.675. The van der Waals surface area contributed by atoms with Crippen molar-refractivity contribution in [3.8, 4) is 5.88 Å². The van der Waals surface area contributed by atoms with E-state index in [2.05, 4.69) is 20.9 Å². The van der Waals surface area contributed by atoms with Crippen molar-refractivity contribution < 1.29 is 14.6 Å². The van der Waals surface area contributed by atoms with Crippen molar-refractivity contribution in [1.82, 2.24) is 4.98 Å². The molecule has 0 saturated heterocycles. The summed E-state index contributed by atoms with van der Waals surface area (Å²) < 4.78 is 6.83. The number of ether oxygens (including phenoxy) is 1. The third-order valence-corrected chi connectivity index (χ3v) is 4.85. The number of halogens is 1. The third-order valence-electron chi connectivity index (χ3n) is 4.38. The summed E-state index contributed by atoms with van der Waals surface area (Å²) in [5.41, 5.74) is -0.211. The Hall–Kier alpha value is -1.10. The van der Waals surface area contributed by atoms with Crippen molar-refractivity contribution in [1.29, 1.82) is 0 Å². The smallest absolute Gasteiger partial charge is 0.307 e. The van der Waals surface area contributed by atoms with Crippen LogP contribution in [0.3, 0.4) is 0 Å². The van der Waals surface area contributed by atoms with Crippen LogP contribution in [0, 0.1) is 17.3 Å². The number of pyridine rings is 1. The van der Waals surface area contributed by atoms with E-state index in [1.165, 1.54) is 0 Å². The van der Waals surface area contributed by atoms with E-state index in [9.17, 15) is 9.90 Å². The monoisotopic (exact) mass is 369 g/mol. The standard InChI is InChI=1S/C17H24BrNO3/c1-17(2,3)15(16(20)21)11-4-7-13(8-5-11)22-14-9-6-12(18)10-19-14/h6,9-11,13,15H,4-5,7-8H2,1-3H3,(H,20,21). The summed E-state index contributed by atoms with van der Waals surface area (Å²) in [6.45, 7) is 6.04. The third kappa shape index (κ3) is 4.45. The van der Waals surface area contributed by atoms with Gasteiger partial charge in [-0.25, -0.2) is 4.98 Å². The van der Waals surface area contributed by atoms with Crippen LogP contribution in [0.1, 0.15) is 46.5 Å². The van der Waals surface area contributed by atoms with Gasteiger partial charge in [0.15, 0.2) is 0 Å². The Morgan fingerprint density at radius 2 is 1.95 bits per heavy atom. The minimum Gasteiger partial charge on any atom is -0.481 e. The molecule has 1 unspecified atom stereocenters. The Morgan fingerprint density at radius 1 is 1.32 bits per heavy atom. The molecule has 1 atom stereocenters. The maximum Gasteiger partial charge on any atom is 0.307 e. The molecule has 0 amide bonds. The van der Waals surface area contributed by atoms with Gasteiger partial charge in [0.05, 0.1) is 5.92 Å². The van der Waals surface area contributed by atoms with Gasteiger partial charge in [0.2, 0.25) is 5.88 Å². The average molecular weight is 370 g/mol. The van der Waals surface area contributed by atoms with Gasteiger partial charge in [-0.15, -0.1) is 0 Å². The summed E-state index contributed by atoms with van der Waals surface area (Å²) in [5, 5.41) is 9.54. The van der Waals surface area contributed by atoms with E-state index in [1.54, 1.807) is 6.20 Å². The highest BCUT2D eigenvalue weighted by Crippen LogP contribution is 2.40. The summed E-state index contributed by atoms with van der Waals surface area (Å²) >= 11 is 3.35. The van der Waals surface area contributed by atoms with Crippen LogP contribution < -0.4 is 4.74 Å². The van der Waals surface area contributed by atoms with E-state index in [4.69, 9.17) is 4.74 Å². The number of carbonyl (C=O) groups is 1. The van der Waals surface area contributed by atoms with Gasteiger partial charge >= 0.3 is 5.97 Å². The average Bonchev–Trinajstić information content (AvgIpc) is 2.41. The molecule has 0 aliphatic heterocycles. The first kappa shape index (κ1) is 17.3. The van der Waals surface area contributed by atoms with E-state index >= 15 is 0 Å². The normalized spacial score (nSPS) is 23.8. The Kier molecular flexibility index (Phi) is 5.48. The number of nitrogens with zero attached hydrogens (tertiary/aromatic N) is 1. The van der Waals surface area contributed by atoms with Crippen molar-refractivity contribution in [2.75, 3.05) is 0 Å². The van der Waals surface area contributed by atoms with Crippen LogP contribution in [0.25, 0.3) is 0 Å². The zero-order valence-electron chi connectivity index (χ0n) is 13.4. The molecule has 1 saturated carbocycles. The van der Waals surface area contributed by atoms with Crippen LogP contribution >= 0.6 is 15.9 Å². The zero-order valence-corrected chi connectivity index (χ0v) is 15.0. The second-order valence-corrected chi connectivity index (χ2v) is 8.07. The maximum absolute atomic E-state index is 11.6. The van der Waals surface area contributed by atoms with Crippen molar-refractivity contribution in [2.24, 2.45) is 17.3 Å². The maximum atomic E-state index is 11.6. The molecule has 0 radical (unpaired) electrons. The number of hydrogen-bond acceptors (Lipinski definition) is 3. The van der Waals surface area contributed by atoms with Gasteiger partial charge in [0, 0.05) is 16.7 Å². The lowest BCUT2D eigenvalue weighted by Gasteiger charge is -2.38. The molecule has 1 aliphatic rings. The van der Waals surface area contributed by atoms with Crippen LogP contribution in [-0.4, -0.2) is 22.2 Å². The molecular weight excluding hydrogens is 346 g/mol. The first-order chi connectivity index (χ1) is 10.3. The minimum absolute atomic E-state index is 0.138. The van der Waals surface area contributed by atoms with Crippen molar-refractivity contribution >= 4 is 21.9 Å². The van der Waals surface area contributed by atoms with Gasteiger partial charge in [-0.2, -0.15) is 0 Å². The van der Waals surface area contributed by atoms with E-state index in [0.29, 0.717) is 5.88 Å². The molecule has 4 nitrogen and oxygen atoms in total. The van der Waals surface area contributed by atoms with E-state index in [-0.39, 0.29) is 23.4 Å². The highest BCUT2D eigenvalue weighted by atomic mass is 79.9. The van der Waals surface area contributed by atoms with E-state index in [1.807, 2.05) is 32.9 Å². The molecule has 1 aliphatic carbocycles. The Balaban J connectivity index is 1.92. The van der Waals surface area contributed by atoms with E-state index < -0.39 is 5.97 Å². The molecule has 22 heavy (non-hydrogen) atoms. The lowest BCUT2D eigenvalue weighted by molar-refractivity contribution is -0.149.